The number of hydrogen-bond donors (Lipinski definition) is 3. The second-order valence-electron chi connectivity index (χ2n) is 7.75. The maximum absolute atomic E-state index is 13.3. The van der Waals surface area contributed by atoms with Crippen LogP contribution in [0.2, 0.25) is 0 Å². The summed E-state index contributed by atoms with van der Waals surface area (Å²) in [6.45, 7) is 2.97. The fraction of sp³-hybridized carbons (Fsp3) is 0.684. The van der Waals surface area contributed by atoms with E-state index in [1.807, 2.05) is 4.90 Å². The van der Waals surface area contributed by atoms with Crippen LogP contribution in [0.3, 0.4) is 0 Å². The van der Waals surface area contributed by atoms with Crippen molar-refractivity contribution in [3.05, 3.63) is 29.6 Å². The monoisotopic (exact) mass is 353 g/mol. The molecular weight excluding hydrogens is 325 g/mol. The lowest BCUT2D eigenvalue weighted by Gasteiger charge is -2.44. The molecule has 1 aliphatic carbocycles. The highest BCUT2D eigenvalue weighted by Crippen LogP contribution is 2.32. The Balaban J connectivity index is 1.62. The molecule has 1 saturated heterocycles. The highest BCUT2D eigenvalue weighted by Gasteiger charge is 2.44. The van der Waals surface area contributed by atoms with Crippen molar-refractivity contribution in [3.63, 3.8) is 0 Å². The molecule has 0 unspecified atom stereocenters. The first kappa shape index (κ1) is 18.6. The van der Waals surface area contributed by atoms with Crippen LogP contribution in [0.25, 0.3) is 0 Å². The molecule has 5 nitrogen and oxygen atoms in total. The number of nitrogens with zero attached hydrogens (tertiary/aromatic N) is 1. The van der Waals surface area contributed by atoms with E-state index in [1.165, 1.54) is 12.1 Å². The van der Waals surface area contributed by atoms with E-state index in [0.717, 1.165) is 25.7 Å². The number of rotatable bonds is 5. The highest BCUT2D eigenvalue weighted by atomic mass is 19.1. The number of halogens is 1. The van der Waals surface area contributed by atoms with E-state index in [1.54, 1.807) is 13.0 Å². The van der Waals surface area contributed by atoms with Crippen LogP contribution in [0.15, 0.2) is 18.2 Å². The fourth-order valence-electron chi connectivity index (χ4n) is 3.94. The van der Waals surface area contributed by atoms with Crippen LogP contribution in [-0.4, -0.2) is 63.8 Å². The van der Waals surface area contributed by atoms with E-state index in [-0.39, 0.29) is 19.0 Å². The second kappa shape index (κ2) is 7.19. The average Bonchev–Trinajstić information content (AvgIpc) is 2.99. The van der Waals surface area contributed by atoms with Gasteiger partial charge in [-0.05, 0) is 49.9 Å². The molecule has 2 atom stereocenters. The summed E-state index contributed by atoms with van der Waals surface area (Å²) >= 11 is 0. The third-order valence-corrected chi connectivity index (χ3v) is 5.51. The number of β-amino-alcohol motifs (C(OH)–C–C–N with tert-alkyl or cyclic N) is 2. The summed E-state index contributed by atoms with van der Waals surface area (Å²) in [5, 5.41) is 31.7. The van der Waals surface area contributed by atoms with Crippen LogP contribution < -0.4 is 4.74 Å². The van der Waals surface area contributed by atoms with Gasteiger partial charge < -0.3 is 20.1 Å². The molecule has 0 bridgehead atoms. The van der Waals surface area contributed by atoms with Gasteiger partial charge in [-0.25, -0.2) is 4.39 Å². The summed E-state index contributed by atoms with van der Waals surface area (Å²) in [4.78, 5) is 2.01. The van der Waals surface area contributed by atoms with Gasteiger partial charge in [-0.2, -0.15) is 0 Å². The van der Waals surface area contributed by atoms with Crippen LogP contribution in [0.1, 0.15) is 37.7 Å². The molecule has 1 aromatic rings. The number of aliphatic hydroxyl groups is 3. The van der Waals surface area contributed by atoms with Crippen molar-refractivity contribution in [2.75, 3.05) is 26.2 Å². The predicted octanol–water partition coefficient (Wildman–Crippen LogP) is 1.62. The lowest BCUT2D eigenvalue weighted by atomic mass is 9.89. The molecule has 6 heteroatoms. The van der Waals surface area contributed by atoms with E-state index in [9.17, 15) is 19.7 Å². The summed E-state index contributed by atoms with van der Waals surface area (Å²) in [7, 11) is 0. The van der Waals surface area contributed by atoms with Crippen LogP contribution in [-0.2, 0) is 0 Å². The number of piperidine rings is 1. The van der Waals surface area contributed by atoms with Crippen molar-refractivity contribution in [3.8, 4) is 5.75 Å². The zero-order valence-electron chi connectivity index (χ0n) is 14.7. The van der Waals surface area contributed by atoms with E-state index >= 15 is 0 Å². The van der Waals surface area contributed by atoms with Crippen molar-refractivity contribution in [1.82, 2.24) is 4.90 Å². The molecule has 3 N–H and O–H groups in total. The Morgan fingerprint density at radius 1 is 1.28 bits per heavy atom. The molecule has 1 heterocycles. The Labute approximate surface area is 148 Å². The maximum atomic E-state index is 13.3. The van der Waals surface area contributed by atoms with Crippen molar-refractivity contribution in [2.45, 2.75) is 56.3 Å². The van der Waals surface area contributed by atoms with Gasteiger partial charge in [0.15, 0.2) is 0 Å². The fourth-order valence-corrected chi connectivity index (χ4v) is 3.94. The molecule has 2 aliphatic rings. The van der Waals surface area contributed by atoms with Gasteiger partial charge in [0.25, 0.3) is 0 Å². The Kier molecular flexibility index (Phi) is 5.34. The van der Waals surface area contributed by atoms with Gasteiger partial charge in [0, 0.05) is 19.6 Å². The third-order valence-electron chi connectivity index (χ3n) is 5.51. The zero-order valence-corrected chi connectivity index (χ0v) is 14.7. The van der Waals surface area contributed by atoms with E-state index in [4.69, 9.17) is 4.74 Å². The molecule has 0 spiro atoms. The van der Waals surface area contributed by atoms with Gasteiger partial charge in [-0.15, -0.1) is 0 Å². The number of aliphatic hydroxyl groups excluding tert-OH is 1. The molecular formula is C19H28FNO4. The van der Waals surface area contributed by atoms with Crippen molar-refractivity contribution in [1.29, 1.82) is 0 Å². The average molecular weight is 353 g/mol. The smallest absolute Gasteiger partial charge is 0.137 e. The van der Waals surface area contributed by atoms with Crippen molar-refractivity contribution in [2.24, 2.45) is 0 Å². The first-order valence-electron chi connectivity index (χ1n) is 9.04. The lowest BCUT2D eigenvalue weighted by Crippen LogP contribution is -2.61. The van der Waals surface area contributed by atoms with E-state index in [2.05, 4.69) is 0 Å². The summed E-state index contributed by atoms with van der Waals surface area (Å²) in [6, 6.07) is 4.42. The Morgan fingerprint density at radius 3 is 2.68 bits per heavy atom. The molecule has 0 amide bonds. The summed E-state index contributed by atoms with van der Waals surface area (Å²) in [5.41, 5.74) is -1.62. The highest BCUT2D eigenvalue weighted by molar-refractivity contribution is 5.29. The SMILES string of the molecule is Cc1cc(OC[C@@]2(O)CN(CC3(O)CCCC3)CC[C@@H]2O)ccc1F. The van der Waals surface area contributed by atoms with Gasteiger partial charge in [0.1, 0.15) is 23.8 Å². The standard InChI is InChI=1S/C19H28FNO4/c1-14-10-15(4-5-16(14)20)25-13-19(24)12-21(9-6-17(19)22)11-18(23)7-2-3-8-18/h4-5,10,17,22-24H,2-3,6-9,11-13H2,1H3/t17-,19-/m0/s1. The van der Waals surface area contributed by atoms with Gasteiger partial charge in [0.05, 0.1) is 11.7 Å². The van der Waals surface area contributed by atoms with Crippen LogP contribution in [0, 0.1) is 12.7 Å². The first-order chi connectivity index (χ1) is 11.8. The Morgan fingerprint density at radius 2 is 2.00 bits per heavy atom. The molecule has 1 aliphatic heterocycles. The molecule has 1 saturated carbocycles. The third kappa shape index (κ3) is 4.31. The number of hydrogen-bond acceptors (Lipinski definition) is 5. The first-order valence-corrected chi connectivity index (χ1v) is 9.04. The molecule has 0 radical (unpaired) electrons. The minimum absolute atomic E-state index is 0.0752. The van der Waals surface area contributed by atoms with Gasteiger partial charge in [-0.1, -0.05) is 12.8 Å². The summed E-state index contributed by atoms with van der Waals surface area (Å²) < 4.78 is 19.0. The molecule has 140 valence electrons. The van der Waals surface area contributed by atoms with Crippen molar-refractivity contribution < 1.29 is 24.4 Å². The van der Waals surface area contributed by atoms with Crippen LogP contribution >= 0.6 is 0 Å². The molecule has 0 aromatic heterocycles. The van der Waals surface area contributed by atoms with Crippen LogP contribution in [0.5, 0.6) is 5.75 Å². The van der Waals surface area contributed by atoms with Crippen LogP contribution in [0.4, 0.5) is 4.39 Å². The topological polar surface area (TPSA) is 73.2 Å². The minimum Gasteiger partial charge on any atom is -0.490 e. The summed E-state index contributed by atoms with van der Waals surface area (Å²) in [5.74, 6) is 0.158. The Hall–Kier alpha value is -1.21. The summed E-state index contributed by atoms with van der Waals surface area (Å²) in [6.07, 6.45) is 3.18. The number of aryl methyl sites for hydroxylation is 1. The predicted molar refractivity (Wildman–Crippen MR) is 92.1 cm³/mol. The van der Waals surface area contributed by atoms with E-state index < -0.39 is 17.3 Å². The van der Waals surface area contributed by atoms with E-state index in [0.29, 0.717) is 30.8 Å². The molecule has 2 fully saturated rings. The minimum atomic E-state index is -1.41. The normalized spacial score (nSPS) is 29.7. The number of likely N-dealkylation sites (tertiary alicyclic amines) is 1. The second-order valence-corrected chi connectivity index (χ2v) is 7.75. The maximum Gasteiger partial charge on any atom is 0.137 e. The molecule has 25 heavy (non-hydrogen) atoms. The van der Waals surface area contributed by atoms with Crippen molar-refractivity contribution >= 4 is 0 Å². The zero-order chi connectivity index (χ0) is 18.1. The molecule has 1 aromatic carbocycles. The lowest BCUT2D eigenvalue weighted by molar-refractivity contribution is -0.147. The molecule has 3 rings (SSSR count). The van der Waals surface area contributed by atoms with Gasteiger partial charge in [-0.3, -0.25) is 4.90 Å². The van der Waals surface area contributed by atoms with Gasteiger partial charge >= 0.3 is 0 Å². The quantitative estimate of drug-likeness (QED) is 0.750. The number of ether oxygens (including phenoxy) is 1. The Bertz CT molecular complexity index is 605. The van der Waals surface area contributed by atoms with Gasteiger partial charge in [0.2, 0.25) is 0 Å². The largest absolute Gasteiger partial charge is 0.490 e. The number of benzene rings is 1.